The molecule has 1 aliphatic heterocycles. The number of fused-ring (bicyclic) bond motifs is 1. The molecule has 0 spiro atoms. The third kappa shape index (κ3) is 6.11. The van der Waals surface area contributed by atoms with E-state index >= 15 is 0 Å². The van der Waals surface area contributed by atoms with Crippen molar-refractivity contribution < 1.29 is 27.5 Å². The zero-order valence-electron chi connectivity index (χ0n) is 19.8. The van der Waals surface area contributed by atoms with E-state index in [-0.39, 0.29) is 38.4 Å². The summed E-state index contributed by atoms with van der Waals surface area (Å²) in [5.74, 6) is -2.42. The monoisotopic (exact) mass is 504 g/mol. The van der Waals surface area contributed by atoms with Crippen molar-refractivity contribution in [1.82, 2.24) is 10.2 Å². The Labute approximate surface area is 207 Å². The Bertz CT molecular complexity index is 1240. The number of likely N-dealkylation sites (tertiary alicyclic amines) is 1. The number of carbonyl (C=O) groups excluding carboxylic acids is 2. The molecule has 1 fully saturated rings. The number of nitrogens with zero attached hydrogens (tertiary/aromatic N) is 1. The largest absolute Gasteiger partial charge is 0.458 e. The molecule has 0 bridgehead atoms. The average molecular weight is 505 g/mol. The van der Waals surface area contributed by atoms with Gasteiger partial charge in [0.25, 0.3) is 11.8 Å². The van der Waals surface area contributed by atoms with Gasteiger partial charge in [-0.1, -0.05) is 23.7 Å². The van der Waals surface area contributed by atoms with Crippen molar-refractivity contribution in [3.8, 4) is 11.1 Å². The third-order valence-corrected chi connectivity index (χ3v) is 5.96. The molecule has 2 aromatic carbocycles. The van der Waals surface area contributed by atoms with Gasteiger partial charge in [0.2, 0.25) is 0 Å². The molecule has 186 valence electrons. The smallest absolute Gasteiger partial charge is 0.408 e. The summed E-state index contributed by atoms with van der Waals surface area (Å²) < 4.78 is 37.8. The number of benzene rings is 2. The Morgan fingerprint density at radius 1 is 1.09 bits per heavy atom. The van der Waals surface area contributed by atoms with Crippen LogP contribution in [0.15, 0.2) is 46.9 Å². The summed E-state index contributed by atoms with van der Waals surface area (Å²) in [5, 5.41) is 3.83. The second-order valence-corrected chi connectivity index (χ2v) is 10.1. The van der Waals surface area contributed by atoms with E-state index in [9.17, 15) is 18.4 Å². The van der Waals surface area contributed by atoms with Gasteiger partial charge in [-0.3, -0.25) is 4.79 Å². The zero-order valence-corrected chi connectivity index (χ0v) is 20.5. The molecule has 9 heteroatoms. The van der Waals surface area contributed by atoms with E-state index in [1.807, 2.05) is 6.07 Å². The van der Waals surface area contributed by atoms with Crippen molar-refractivity contribution in [2.75, 3.05) is 13.1 Å². The van der Waals surface area contributed by atoms with Crippen LogP contribution < -0.4 is 5.32 Å². The second kappa shape index (κ2) is 9.49. The SMILES string of the molecule is CC(C)(C)OC(=O)NCc1cc2cc(-c3ccc(C(=O)N4CCC(F)(F)CC4)cc3)cc(Cl)c2o1. The quantitative estimate of drug-likeness (QED) is 0.432. The fourth-order valence-corrected chi connectivity index (χ4v) is 4.18. The number of amides is 2. The van der Waals surface area contributed by atoms with Gasteiger partial charge in [-0.05, 0) is 62.2 Å². The van der Waals surface area contributed by atoms with Crippen LogP contribution in [0.25, 0.3) is 22.1 Å². The van der Waals surface area contributed by atoms with Crippen LogP contribution in [-0.2, 0) is 11.3 Å². The maximum absolute atomic E-state index is 13.4. The van der Waals surface area contributed by atoms with Gasteiger partial charge in [0.15, 0.2) is 5.58 Å². The Morgan fingerprint density at radius 3 is 2.37 bits per heavy atom. The lowest BCUT2D eigenvalue weighted by molar-refractivity contribution is -0.0494. The lowest BCUT2D eigenvalue weighted by atomic mass is 10.0. The van der Waals surface area contributed by atoms with Crippen LogP contribution in [0.4, 0.5) is 13.6 Å². The van der Waals surface area contributed by atoms with Crippen LogP contribution in [0.2, 0.25) is 5.02 Å². The van der Waals surface area contributed by atoms with Gasteiger partial charge in [0.05, 0.1) is 11.6 Å². The molecule has 2 amide bonds. The molecule has 1 saturated heterocycles. The summed E-state index contributed by atoms with van der Waals surface area (Å²) in [6.45, 7) is 5.59. The maximum Gasteiger partial charge on any atom is 0.408 e. The molecule has 0 saturated carbocycles. The van der Waals surface area contributed by atoms with E-state index in [4.69, 9.17) is 20.8 Å². The minimum absolute atomic E-state index is 0.0471. The molecule has 1 aromatic heterocycles. The van der Waals surface area contributed by atoms with Gasteiger partial charge in [-0.15, -0.1) is 0 Å². The van der Waals surface area contributed by atoms with Crippen molar-refractivity contribution in [3.05, 3.63) is 58.8 Å². The summed E-state index contributed by atoms with van der Waals surface area (Å²) in [6.07, 6.45) is -1.16. The lowest BCUT2D eigenvalue weighted by Crippen LogP contribution is -2.42. The highest BCUT2D eigenvalue weighted by Crippen LogP contribution is 2.33. The standard InChI is InChI=1S/C26H27ClF2N2O4/c1-25(2,3)35-24(33)30-15-20-13-19-12-18(14-21(27)22(19)34-20)16-4-6-17(7-5-16)23(32)31-10-8-26(28,29)9-11-31/h4-7,12-14H,8-11,15H2,1-3H3,(H,30,33). The van der Waals surface area contributed by atoms with E-state index in [2.05, 4.69) is 5.32 Å². The molecule has 0 radical (unpaired) electrons. The molecular formula is C26H27ClF2N2O4. The van der Waals surface area contributed by atoms with Crippen molar-refractivity contribution in [2.24, 2.45) is 0 Å². The zero-order chi connectivity index (χ0) is 25.4. The molecule has 2 heterocycles. The van der Waals surface area contributed by atoms with Crippen molar-refractivity contribution >= 4 is 34.6 Å². The van der Waals surface area contributed by atoms with Gasteiger partial charge in [0.1, 0.15) is 11.4 Å². The molecule has 1 aliphatic rings. The highest BCUT2D eigenvalue weighted by Gasteiger charge is 2.35. The van der Waals surface area contributed by atoms with Gasteiger partial charge < -0.3 is 19.4 Å². The van der Waals surface area contributed by atoms with E-state index in [0.717, 1.165) is 16.5 Å². The van der Waals surface area contributed by atoms with Gasteiger partial charge >= 0.3 is 6.09 Å². The number of rotatable bonds is 4. The van der Waals surface area contributed by atoms with Crippen LogP contribution in [0.1, 0.15) is 49.7 Å². The van der Waals surface area contributed by atoms with E-state index in [1.54, 1.807) is 57.2 Å². The number of piperidine rings is 1. The number of hydrogen-bond donors (Lipinski definition) is 1. The molecular weight excluding hydrogens is 478 g/mol. The minimum Gasteiger partial charge on any atom is -0.458 e. The number of alkyl halides is 2. The fourth-order valence-electron chi connectivity index (χ4n) is 3.92. The highest BCUT2D eigenvalue weighted by molar-refractivity contribution is 6.35. The summed E-state index contributed by atoms with van der Waals surface area (Å²) in [7, 11) is 0. The first-order chi connectivity index (χ1) is 16.4. The number of hydrogen-bond acceptors (Lipinski definition) is 4. The fraction of sp³-hybridized carbons (Fsp3) is 0.385. The topological polar surface area (TPSA) is 71.8 Å². The first-order valence-corrected chi connectivity index (χ1v) is 11.7. The molecule has 35 heavy (non-hydrogen) atoms. The Hall–Kier alpha value is -3.13. The maximum atomic E-state index is 13.4. The van der Waals surface area contributed by atoms with Gasteiger partial charge in [0, 0.05) is 36.9 Å². The lowest BCUT2D eigenvalue weighted by Gasteiger charge is -2.31. The molecule has 0 aliphatic carbocycles. The molecule has 0 unspecified atom stereocenters. The summed E-state index contributed by atoms with van der Waals surface area (Å²) in [4.78, 5) is 26.0. The van der Waals surface area contributed by atoms with E-state index in [0.29, 0.717) is 21.9 Å². The molecule has 0 atom stereocenters. The number of ether oxygens (including phenoxy) is 1. The molecule has 3 aromatic rings. The van der Waals surface area contributed by atoms with Crippen LogP contribution in [0.3, 0.4) is 0 Å². The summed E-state index contributed by atoms with van der Waals surface area (Å²) in [6, 6.07) is 12.4. The summed E-state index contributed by atoms with van der Waals surface area (Å²) >= 11 is 6.45. The molecule has 6 nitrogen and oxygen atoms in total. The minimum atomic E-state index is -2.70. The number of carbonyl (C=O) groups is 2. The second-order valence-electron chi connectivity index (χ2n) is 9.67. The Morgan fingerprint density at radius 2 is 1.74 bits per heavy atom. The highest BCUT2D eigenvalue weighted by atomic mass is 35.5. The van der Waals surface area contributed by atoms with Crippen molar-refractivity contribution in [1.29, 1.82) is 0 Å². The normalized spacial score (nSPS) is 15.8. The number of alkyl carbamates (subject to hydrolysis) is 1. The first kappa shape index (κ1) is 25.0. The van der Waals surface area contributed by atoms with Crippen molar-refractivity contribution in [2.45, 2.75) is 51.7 Å². The number of halogens is 3. The molecule has 4 rings (SSSR count). The molecule has 1 N–H and O–H groups in total. The number of furan rings is 1. The van der Waals surface area contributed by atoms with Crippen LogP contribution in [0.5, 0.6) is 0 Å². The summed E-state index contributed by atoms with van der Waals surface area (Å²) in [5.41, 5.74) is 2.02. The van der Waals surface area contributed by atoms with E-state index < -0.39 is 17.6 Å². The number of nitrogens with one attached hydrogen (secondary N) is 1. The van der Waals surface area contributed by atoms with Gasteiger partial charge in [-0.2, -0.15) is 0 Å². The van der Waals surface area contributed by atoms with Crippen LogP contribution >= 0.6 is 11.6 Å². The van der Waals surface area contributed by atoms with Crippen molar-refractivity contribution in [3.63, 3.8) is 0 Å². The predicted octanol–water partition coefficient (Wildman–Crippen LogP) is 6.65. The average Bonchev–Trinajstić information content (AvgIpc) is 3.20. The third-order valence-electron chi connectivity index (χ3n) is 5.68. The van der Waals surface area contributed by atoms with E-state index in [1.165, 1.54) is 4.90 Å². The van der Waals surface area contributed by atoms with Crippen LogP contribution in [0, 0.1) is 0 Å². The van der Waals surface area contributed by atoms with Crippen LogP contribution in [-0.4, -0.2) is 41.5 Å². The van der Waals surface area contributed by atoms with Gasteiger partial charge in [-0.25, -0.2) is 13.6 Å². The Balaban J connectivity index is 1.47. The first-order valence-electron chi connectivity index (χ1n) is 11.4. The Kier molecular flexibility index (Phi) is 6.77. The predicted molar refractivity (Wildman–Crippen MR) is 130 cm³/mol.